The number of pyridine rings is 1. The van der Waals surface area contributed by atoms with E-state index in [1.807, 2.05) is 0 Å². The normalized spacial score (nSPS) is 12.5. The van der Waals surface area contributed by atoms with Crippen molar-refractivity contribution >= 4 is 5.78 Å². The molecule has 0 radical (unpaired) electrons. The summed E-state index contributed by atoms with van der Waals surface area (Å²) < 4.78 is 13.1. The Kier molecular flexibility index (Phi) is 3.71. The van der Waals surface area contributed by atoms with Crippen molar-refractivity contribution in [1.29, 1.82) is 0 Å². The zero-order valence-electron chi connectivity index (χ0n) is 8.25. The first-order chi connectivity index (χ1) is 6.66. The van der Waals surface area contributed by atoms with Crippen LogP contribution in [0.1, 0.15) is 17.3 Å². The maximum Gasteiger partial charge on any atom is 0.169 e. The van der Waals surface area contributed by atoms with E-state index in [2.05, 4.69) is 10.3 Å². The molecule has 0 aliphatic heterocycles. The Hall–Kier alpha value is -1.29. The number of nitrogens with zero attached hydrogens (tertiary/aromatic N) is 1. The number of Topliss-reactive ketones (excluding diaryl/α,β-unsaturated/α-hetero) is 1. The van der Waals surface area contributed by atoms with Gasteiger partial charge in [-0.3, -0.25) is 9.78 Å². The standard InChI is InChI=1S/C10H13FN2O/c1-7(5-12-2)10(14)8-3-4-13-6-9(8)11/h3-4,6-7,12H,5H2,1-2H3. The first kappa shape index (κ1) is 10.8. The first-order valence-electron chi connectivity index (χ1n) is 4.45. The highest BCUT2D eigenvalue weighted by Crippen LogP contribution is 2.10. The van der Waals surface area contributed by atoms with Gasteiger partial charge in [-0.1, -0.05) is 6.92 Å². The number of rotatable bonds is 4. The number of nitrogens with one attached hydrogen (secondary N) is 1. The topological polar surface area (TPSA) is 42.0 Å². The molecular formula is C10H13FN2O. The van der Waals surface area contributed by atoms with E-state index >= 15 is 0 Å². The highest BCUT2D eigenvalue weighted by Gasteiger charge is 2.17. The Bertz CT molecular complexity index is 328. The van der Waals surface area contributed by atoms with Gasteiger partial charge in [-0.15, -0.1) is 0 Å². The molecule has 0 aliphatic carbocycles. The minimum Gasteiger partial charge on any atom is -0.319 e. The average Bonchev–Trinajstić information content (AvgIpc) is 2.18. The fourth-order valence-electron chi connectivity index (χ4n) is 1.24. The lowest BCUT2D eigenvalue weighted by Gasteiger charge is -2.09. The summed E-state index contributed by atoms with van der Waals surface area (Å²) in [4.78, 5) is 15.2. The summed E-state index contributed by atoms with van der Waals surface area (Å²) in [5.41, 5.74) is 0.114. The number of aromatic nitrogens is 1. The van der Waals surface area contributed by atoms with Gasteiger partial charge in [0.25, 0.3) is 0 Å². The second kappa shape index (κ2) is 4.81. The molecule has 1 aromatic rings. The van der Waals surface area contributed by atoms with E-state index < -0.39 is 5.82 Å². The summed E-state index contributed by atoms with van der Waals surface area (Å²) in [5.74, 6) is -0.975. The minimum absolute atomic E-state index is 0.114. The predicted octanol–water partition coefficient (Wildman–Crippen LogP) is 1.26. The lowest BCUT2D eigenvalue weighted by Crippen LogP contribution is -2.24. The van der Waals surface area contributed by atoms with Crippen LogP contribution >= 0.6 is 0 Å². The summed E-state index contributed by atoms with van der Waals surface area (Å²) in [6, 6.07) is 1.41. The Labute approximate surface area is 82.4 Å². The van der Waals surface area contributed by atoms with Gasteiger partial charge in [0, 0.05) is 18.7 Å². The van der Waals surface area contributed by atoms with Crippen molar-refractivity contribution in [2.24, 2.45) is 5.92 Å². The van der Waals surface area contributed by atoms with Crippen LogP contribution in [0.4, 0.5) is 4.39 Å². The summed E-state index contributed by atoms with van der Waals surface area (Å²) in [5, 5.41) is 2.88. The van der Waals surface area contributed by atoms with Crippen molar-refractivity contribution in [3.05, 3.63) is 29.8 Å². The summed E-state index contributed by atoms with van der Waals surface area (Å²) in [6.45, 7) is 2.30. The van der Waals surface area contributed by atoms with E-state index in [1.165, 1.54) is 12.3 Å². The highest BCUT2D eigenvalue weighted by molar-refractivity contribution is 5.97. The number of carbonyl (C=O) groups is 1. The van der Waals surface area contributed by atoms with Gasteiger partial charge < -0.3 is 5.32 Å². The molecule has 1 atom stereocenters. The van der Waals surface area contributed by atoms with Crippen LogP contribution in [0.25, 0.3) is 0 Å². The van der Waals surface area contributed by atoms with E-state index in [-0.39, 0.29) is 17.3 Å². The largest absolute Gasteiger partial charge is 0.319 e. The summed E-state index contributed by atoms with van der Waals surface area (Å²) >= 11 is 0. The maximum atomic E-state index is 13.1. The van der Waals surface area contributed by atoms with Gasteiger partial charge in [0.15, 0.2) is 11.6 Å². The van der Waals surface area contributed by atoms with Crippen LogP contribution in [0.3, 0.4) is 0 Å². The molecule has 0 fully saturated rings. The summed E-state index contributed by atoms with van der Waals surface area (Å²) in [6.07, 6.45) is 2.47. The molecule has 4 heteroatoms. The Morgan fingerprint density at radius 2 is 2.43 bits per heavy atom. The van der Waals surface area contributed by atoms with Crippen molar-refractivity contribution in [2.75, 3.05) is 13.6 Å². The molecule has 14 heavy (non-hydrogen) atoms. The van der Waals surface area contributed by atoms with E-state index in [9.17, 15) is 9.18 Å². The summed E-state index contributed by atoms with van der Waals surface area (Å²) in [7, 11) is 1.76. The molecule has 0 amide bonds. The van der Waals surface area contributed by atoms with Crippen LogP contribution in [0.5, 0.6) is 0 Å². The molecule has 1 rings (SSSR count). The Morgan fingerprint density at radius 1 is 1.71 bits per heavy atom. The molecule has 3 nitrogen and oxygen atoms in total. The van der Waals surface area contributed by atoms with Gasteiger partial charge in [-0.2, -0.15) is 0 Å². The Balaban J connectivity index is 2.84. The molecule has 1 unspecified atom stereocenters. The van der Waals surface area contributed by atoms with E-state index in [0.29, 0.717) is 6.54 Å². The molecule has 0 aliphatic rings. The third-order valence-corrected chi connectivity index (χ3v) is 2.00. The van der Waals surface area contributed by atoms with Gasteiger partial charge in [-0.25, -0.2) is 4.39 Å². The van der Waals surface area contributed by atoms with Crippen molar-refractivity contribution in [1.82, 2.24) is 10.3 Å². The predicted molar refractivity (Wildman–Crippen MR) is 51.6 cm³/mol. The van der Waals surface area contributed by atoms with Gasteiger partial charge in [0.05, 0.1) is 11.8 Å². The van der Waals surface area contributed by atoms with Gasteiger partial charge in [-0.05, 0) is 13.1 Å². The number of carbonyl (C=O) groups excluding carboxylic acids is 1. The van der Waals surface area contributed by atoms with E-state index in [0.717, 1.165) is 6.20 Å². The van der Waals surface area contributed by atoms with Crippen molar-refractivity contribution in [3.63, 3.8) is 0 Å². The third kappa shape index (κ3) is 2.35. The third-order valence-electron chi connectivity index (χ3n) is 2.00. The zero-order valence-corrected chi connectivity index (χ0v) is 8.25. The quantitative estimate of drug-likeness (QED) is 0.737. The Morgan fingerprint density at radius 3 is 3.00 bits per heavy atom. The molecule has 1 N–H and O–H groups in total. The average molecular weight is 196 g/mol. The molecule has 1 aromatic heterocycles. The van der Waals surface area contributed by atoms with Crippen molar-refractivity contribution in [3.8, 4) is 0 Å². The van der Waals surface area contributed by atoms with Crippen LogP contribution in [0, 0.1) is 11.7 Å². The highest BCUT2D eigenvalue weighted by atomic mass is 19.1. The van der Waals surface area contributed by atoms with Crippen LogP contribution in [-0.2, 0) is 0 Å². The molecule has 1 heterocycles. The van der Waals surface area contributed by atoms with Gasteiger partial charge in [0.2, 0.25) is 0 Å². The second-order valence-corrected chi connectivity index (χ2v) is 3.18. The molecule has 0 saturated heterocycles. The molecule has 76 valence electrons. The monoisotopic (exact) mass is 196 g/mol. The van der Waals surface area contributed by atoms with E-state index in [1.54, 1.807) is 14.0 Å². The second-order valence-electron chi connectivity index (χ2n) is 3.18. The van der Waals surface area contributed by atoms with Crippen molar-refractivity contribution < 1.29 is 9.18 Å². The maximum absolute atomic E-state index is 13.1. The van der Waals surface area contributed by atoms with Crippen LogP contribution in [0.2, 0.25) is 0 Å². The molecule has 0 spiro atoms. The molecular weight excluding hydrogens is 183 g/mol. The number of hydrogen-bond acceptors (Lipinski definition) is 3. The molecule has 0 bridgehead atoms. The van der Waals surface area contributed by atoms with Gasteiger partial charge in [0.1, 0.15) is 0 Å². The SMILES string of the molecule is CNCC(C)C(=O)c1ccncc1F. The lowest BCUT2D eigenvalue weighted by molar-refractivity contribution is 0.0926. The van der Waals surface area contributed by atoms with E-state index in [4.69, 9.17) is 0 Å². The zero-order chi connectivity index (χ0) is 10.6. The van der Waals surface area contributed by atoms with Gasteiger partial charge >= 0.3 is 0 Å². The lowest BCUT2D eigenvalue weighted by atomic mass is 10.00. The minimum atomic E-state index is -0.555. The van der Waals surface area contributed by atoms with Crippen LogP contribution in [-0.4, -0.2) is 24.4 Å². The smallest absolute Gasteiger partial charge is 0.169 e. The number of ketones is 1. The van der Waals surface area contributed by atoms with Crippen molar-refractivity contribution in [2.45, 2.75) is 6.92 Å². The molecule has 0 saturated carbocycles. The number of hydrogen-bond donors (Lipinski definition) is 1. The fraction of sp³-hybridized carbons (Fsp3) is 0.400. The van der Waals surface area contributed by atoms with Crippen LogP contribution < -0.4 is 5.32 Å². The first-order valence-corrected chi connectivity index (χ1v) is 4.45. The van der Waals surface area contributed by atoms with Crippen LogP contribution in [0.15, 0.2) is 18.5 Å². The fourth-order valence-corrected chi connectivity index (χ4v) is 1.24. The number of halogens is 1. The molecule has 0 aromatic carbocycles.